The van der Waals surface area contributed by atoms with Crippen LogP contribution in [0.5, 0.6) is 0 Å². The number of H-pyrrole nitrogens is 1. The molecular weight excluding hydrogens is 387 g/mol. The number of amides is 1. The minimum absolute atomic E-state index is 0.131. The van der Waals surface area contributed by atoms with Crippen LogP contribution in [0, 0.1) is 12.7 Å². The van der Waals surface area contributed by atoms with Crippen LogP contribution in [-0.4, -0.2) is 21.1 Å². The number of aromatic amines is 1. The van der Waals surface area contributed by atoms with Crippen LogP contribution in [0.4, 0.5) is 4.39 Å². The fourth-order valence-electron chi connectivity index (χ4n) is 2.48. The second-order valence-electron chi connectivity index (χ2n) is 5.62. The molecule has 0 saturated heterocycles. The molecule has 3 rings (SSSR count). The van der Waals surface area contributed by atoms with E-state index >= 15 is 0 Å². The summed E-state index contributed by atoms with van der Waals surface area (Å²) < 4.78 is 13.7. The number of hydrogen-bond acceptors (Lipinski definition) is 3. The summed E-state index contributed by atoms with van der Waals surface area (Å²) in [5, 5.41) is 9.92. The molecule has 5 nitrogen and oxygen atoms in total. The molecule has 3 aromatic rings. The molecule has 1 amide bonds. The smallest absolute Gasteiger partial charge is 0.225 e. The number of carbonyl (C=O) groups is 1. The molecule has 0 radical (unpaired) electrons. The van der Waals surface area contributed by atoms with Crippen molar-refractivity contribution in [2.75, 3.05) is 0 Å². The van der Waals surface area contributed by atoms with Gasteiger partial charge in [-0.25, -0.2) is 9.37 Å². The zero-order chi connectivity index (χ0) is 17.8. The highest BCUT2D eigenvalue weighted by atomic mass is 79.9. The van der Waals surface area contributed by atoms with Crippen LogP contribution in [0.2, 0.25) is 0 Å². The van der Waals surface area contributed by atoms with Gasteiger partial charge in [-0.15, -0.1) is 0 Å². The van der Waals surface area contributed by atoms with Crippen LogP contribution in [0.15, 0.2) is 53.0 Å². The van der Waals surface area contributed by atoms with E-state index in [1.54, 1.807) is 19.1 Å². The number of halogens is 2. The van der Waals surface area contributed by atoms with Crippen LogP contribution < -0.4 is 5.32 Å². The van der Waals surface area contributed by atoms with E-state index in [4.69, 9.17) is 0 Å². The molecule has 0 aliphatic rings. The van der Waals surface area contributed by atoms with E-state index in [2.05, 4.69) is 36.4 Å². The van der Waals surface area contributed by atoms with Crippen molar-refractivity contribution in [3.63, 3.8) is 0 Å². The van der Waals surface area contributed by atoms with Gasteiger partial charge in [0, 0.05) is 0 Å². The van der Waals surface area contributed by atoms with Crippen LogP contribution in [0.1, 0.15) is 28.8 Å². The molecule has 2 N–H and O–H groups in total. The Kier molecular flexibility index (Phi) is 5.23. The highest BCUT2D eigenvalue weighted by molar-refractivity contribution is 9.10. The highest BCUT2D eigenvalue weighted by Gasteiger charge is 2.21. The number of benzene rings is 2. The lowest BCUT2D eigenvalue weighted by Gasteiger charge is -2.16. The van der Waals surface area contributed by atoms with Crippen molar-refractivity contribution in [1.29, 1.82) is 0 Å². The maximum atomic E-state index is 13.3. The van der Waals surface area contributed by atoms with Gasteiger partial charge in [-0.3, -0.25) is 9.89 Å². The van der Waals surface area contributed by atoms with Crippen molar-refractivity contribution in [3.8, 4) is 0 Å². The van der Waals surface area contributed by atoms with Crippen molar-refractivity contribution in [2.45, 2.75) is 19.4 Å². The molecule has 1 atom stereocenters. The molecular formula is C18H16BrFN4O. The Balaban J connectivity index is 1.80. The second kappa shape index (κ2) is 7.57. The summed E-state index contributed by atoms with van der Waals surface area (Å²) in [5.74, 6) is 0.613. The lowest BCUT2D eigenvalue weighted by molar-refractivity contribution is -0.121. The minimum Gasteiger partial charge on any atom is -0.342 e. The molecule has 0 bridgehead atoms. The molecule has 1 aromatic heterocycles. The largest absolute Gasteiger partial charge is 0.342 e. The Morgan fingerprint density at radius 1 is 1.28 bits per heavy atom. The first-order valence-electron chi connectivity index (χ1n) is 7.70. The van der Waals surface area contributed by atoms with Crippen molar-refractivity contribution >= 4 is 21.8 Å². The second-order valence-corrected chi connectivity index (χ2v) is 6.47. The normalized spacial score (nSPS) is 12.0. The van der Waals surface area contributed by atoms with Gasteiger partial charge < -0.3 is 5.32 Å². The van der Waals surface area contributed by atoms with Crippen molar-refractivity contribution in [2.24, 2.45) is 0 Å². The van der Waals surface area contributed by atoms with Crippen molar-refractivity contribution in [1.82, 2.24) is 20.5 Å². The molecule has 0 saturated carbocycles. The molecule has 2 aromatic carbocycles. The van der Waals surface area contributed by atoms with Crippen molar-refractivity contribution in [3.05, 3.63) is 81.6 Å². The summed E-state index contributed by atoms with van der Waals surface area (Å²) in [6.07, 6.45) is 0.131. The number of nitrogens with zero attached hydrogens (tertiary/aromatic N) is 2. The molecule has 0 aliphatic heterocycles. The van der Waals surface area contributed by atoms with Gasteiger partial charge in [-0.2, -0.15) is 5.10 Å². The number of hydrogen-bond donors (Lipinski definition) is 2. The number of aromatic nitrogens is 3. The van der Waals surface area contributed by atoms with Gasteiger partial charge in [0.15, 0.2) is 5.82 Å². The average molecular weight is 403 g/mol. The number of rotatable bonds is 5. The summed E-state index contributed by atoms with van der Waals surface area (Å²) in [6, 6.07) is 13.6. The fraction of sp³-hybridized carbons (Fsp3) is 0.167. The maximum absolute atomic E-state index is 13.3. The van der Waals surface area contributed by atoms with E-state index in [-0.39, 0.29) is 18.1 Å². The van der Waals surface area contributed by atoms with E-state index in [0.717, 1.165) is 5.56 Å². The Morgan fingerprint density at radius 3 is 2.68 bits per heavy atom. The van der Waals surface area contributed by atoms with Gasteiger partial charge in [-0.05, 0) is 46.1 Å². The molecule has 1 heterocycles. The molecule has 0 fully saturated rings. The molecule has 1 unspecified atom stereocenters. The third-order valence-corrected chi connectivity index (χ3v) is 4.27. The van der Waals surface area contributed by atoms with Crippen LogP contribution >= 0.6 is 15.9 Å². The highest BCUT2D eigenvalue weighted by Crippen LogP contribution is 2.20. The molecule has 0 aliphatic carbocycles. The van der Waals surface area contributed by atoms with Crippen LogP contribution in [0.3, 0.4) is 0 Å². The molecule has 25 heavy (non-hydrogen) atoms. The number of nitrogens with one attached hydrogen (secondary N) is 2. The van der Waals surface area contributed by atoms with Crippen molar-refractivity contribution < 1.29 is 9.18 Å². The number of carbonyl (C=O) groups excluding carboxylic acids is 1. The SMILES string of the molecule is Cc1nc(C(NC(=O)Cc2ccc(F)c(Br)c2)c2ccccc2)n[nH]1. The van der Waals surface area contributed by atoms with Crippen LogP contribution in [-0.2, 0) is 11.2 Å². The monoisotopic (exact) mass is 402 g/mol. The van der Waals surface area contributed by atoms with Gasteiger partial charge >= 0.3 is 0 Å². The van der Waals surface area contributed by atoms with Gasteiger partial charge in [0.2, 0.25) is 5.91 Å². The summed E-state index contributed by atoms with van der Waals surface area (Å²) in [7, 11) is 0. The first-order chi connectivity index (χ1) is 12.0. The van der Waals surface area contributed by atoms with E-state index in [0.29, 0.717) is 21.7 Å². The van der Waals surface area contributed by atoms with Crippen LogP contribution in [0.25, 0.3) is 0 Å². The summed E-state index contributed by atoms with van der Waals surface area (Å²) in [6.45, 7) is 1.80. The van der Waals surface area contributed by atoms with E-state index < -0.39 is 6.04 Å². The Bertz CT molecular complexity index is 882. The zero-order valence-electron chi connectivity index (χ0n) is 13.5. The predicted molar refractivity (Wildman–Crippen MR) is 95.4 cm³/mol. The number of aryl methyl sites for hydroxylation is 1. The summed E-state index contributed by atoms with van der Waals surface area (Å²) in [5.41, 5.74) is 1.60. The summed E-state index contributed by atoms with van der Waals surface area (Å²) >= 11 is 3.13. The molecule has 128 valence electrons. The Morgan fingerprint density at radius 2 is 2.04 bits per heavy atom. The summed E-state index contributed by atoms with van der Waals surface area (Å²) in [4.78, 5) is 16.8. The standard InChI is InChI=1S/C18H16BrFN4O/c1-11-21-18(24-23-11)17(13-5-3-2-4-6-13)22-16(25)10-12-7-8-15(20)14(19)9-12/h2-9,17H,10H2,1H3,(H,22,25)(H,21,23,24). The fourth-order valence-corrected chi connectivity index (χ4v) is 2.90. The van der Waals surface area contributed by atoms with E-state index in [1.165, 1.54) is 6.07 Å². The maximum Gasteiger partial charge on any atom is 0.225 e. The van der Waals surface area contributed by atoms with E-state index in [9.17, 15) is 9.18 Å². The van der Waals surface area contributed by atoms with Gasteiger partial charge in [0.05, 0.1) is 10.9 Å². The lowest BCUT2D eigenvalue weighted by Crippen LogP contribution is -2.31. The third kappa shape index (κ3) is 4.30. The van der Waals surface area contributed by atoms with Gasteiger partial charge in [0.1, 0.15) is 17.7 Å². The Hall–Kier alpha value is -2.54. The third-order valence-electron chi connectivity index (χ3n) is 3.66. The zero-order valence-corrected chi connectivity index (χ0v) is 15.0. The quantitative estimate of drug-likeness (QED) is 0.686. The van der Waals surface area contributed by atoms with Gasteiger partial charge in [-0.1, -0.05) is 36.4 Å². The molecule has 7 heteroatoms. The van der Waals surface area contributed by atoms with Gasteiger partial charge in [0.25, 0.3) is 0 Å². The predicted octanol–water partition coefficient (Wildman–Crippen LogP) is 3.46. The topological polar surface area (TPSA) is 70.7 Å². The lowest BCUT2D eigenvalue weighted by atomic mass is 10.1. The van der Waals surface area contributed by atoms with E-state index in [1.807, 2.05) is 30.3 Å². The first-order valence-corrected chi connectivity index (χ1v) is 8.49. The molecule has 0 spiro atoms. The average Bonchev–Trinajstić information content (AvgIpc) is 3.03. The Labute approximate surface area is 152 Å². The first kappa shape index (κ1) is 17.3. The minimum atomic E-state index is -0.456.